The van der Waals surface area contributed by atoms with Crippen LogP contribution >= 0.6 is 0 Å². The van der Waals surface area contributed by atoms with Crippen LogP contribution in [0.3, 0.4) is 0 Å². The fourth-order valence-electron chi connectivity index (χ4n) is 2.68. The Bertz CT molecular complexity index is 755. The van der Waals surface area contributed by atoms with Crippen molar-refractivity contribution in [1.82, 2.24) is 14.9 Å². The number of methoxy groups -OCH3 is 2. The van der Waals surface area contributed by atoms with E-state index in [2.05, 4.69) is 9.97 Å². The van der Waals surface area contributed by atoms with Gasteiger partial charge in [-0.15, -0.1) is 0 Å². The van der Waals surface area contributed by atoms with Crippen LogP contribution in [0.1, 0.15) is 6.42 Å². The molecule has 0 saturated carbocycles. The quantitative estimate of drug-likeness (QED) is 0.742. The number of carbonyl (C=O) groups is 1. The molecule has 1 aromatic carbocycles. The van der Waals surface area contributed by atoms with Crippen molar-refractivity contribution in [2.24, 2.45) is 0 Å². The van der Waals surface area contributed by atoms with Crippen LogP contribution in [-0.2, 0) is 4.79 Å². The van der Waals surface area contributed by atoms with Crippen LogP contribution in [0, 0.1) is 0 Å². The first-order valence-electron chi connectivity index (χ1n) is 8.26. The maximum absolute atomic E-state index is 12.4. The van der Waals surface area contributed by atoms with Crippen molar-refractivity contribution in [1.29, 1.82) is 0 Å². The minimum Gasteiger partial charge on any atom is -0.493 e. The zero-order valence-electron chi connectivity index (χ0n) is 14.8. The number of benzene rings is 1. The highest BCUT2D eigenvalue weighted by Crippen LogP contribution is 2.26. The normalized spacial score (nSPS) is 16.2. The molecule has 1 aliphatic heterocycles. The lowest BCUT2D eigenvalue weighted by Crippen LogP contribution is -2.34. The largest absolute Gasteiger partial charge is 0.493 e. The maximum Gasteiger partial charge on any atom is 0.260 e. The molecule has 0 spiro atoms. The average molecular weight is 359 g/mol. The predicted octanol–water partition coefficient (Wildman–Crippen LogP) is 1.55. The molecule has 1 aliphatic rings. The van der Waals surface area contributed by atoms with Gasteiger partial charge in [0, 0.05) is 13.0 Å². The summed E-state index contributed by atoms with van der Waals surface area (Å²) in [6, 6.07) is 7.23. The van der Waals surface area contributed by atoms with E-state index in [9.17, 15) is 4.79 Å². The third-order valence-corrected chi connectivity index (χ3v) is 4.00. The number of ether oxygens (including phenoxy) is 4. The monoisotopic (exact) mass is 359 g/mol. The summed E-state index contributed by atoms with van der Waals surface area (Å²) < 4.78 is 21.6. The summed E-state index contributed by atoms with van der Waals surface area (Å²) in [5, 5.41) is 0. The van der Waals surface area contributed by atoms with Gasteiger partial charge in [-0.3, -0.25) is 9.78 Å². The Balaban J connectivity index is 1.50. The number of rotatable bonds is 7. The van der Waals surface area contributed by atoms with Gasteiger partial charge < -0.3 is 23.8 Å². The average Bonchev–Trinajstić information content (AvgIpc) is 3.15. The van der Waals surface area contributed by atoms with Crippen LogP contribution < -0.4 is 18.9 Å². The molecular weight excluding hydrogens is 338 g/mol. The Kier molecular flexibility index (Phi) is 5.73. The van der Waals surface area contributed by atoms with Crippen molar-refractivity contribution in [2.75, 3.05) is 33.9 Å². The first kappa shape index (κ1) is 17.8. The molecule has 26 heavy (non-hydrogen) atoms. The maximum atomic E-state index is 12.4. The number of aromatic nitrogens is 2. The van der Waals surface area contributed by atoms with Gasteiger partial charge in [-0.2, -0.15) is 4.98 Å². The lowest BCUT2D eigenvalue weighted by molar-refractivity contribution is -0.132. The van der Waals surface area contributed by atoms with Gasteiger partial charge in [0.1, 0.15) is 6.10 Å². The Labute approximate surface area is 151 Å². The molecule has 8 nitrogen and oxygen atoms in total. The molecule has 3 rings (SSSR count). The number of para-hydroxylation sites is 2. The Morgan fingerprint density at radius 3 is 2.69 bits per heavy atom. The van der Waals surface area contributed by atoms with Crippen LogP contribution in [0.4, 0.5) is 0 Å². The molecule has 8 heteroatoms. The Morgan fingerprint density at radius 2 is 1.92 bits per heavy atom. The third-order valence-electron chi connectivity index (χ3n) is 4.00. The number of carbonyl (C=O) groups excluding carboxylic acids is 1. The third kappa shape index (κ3) is 4.33. The number of hydrogen-bond acceptors (Lipinski definition) is 7. The lowest BCUT2D eigenvalue weighted by atomic mass is 10.3. The fourth-order valence-corrected chi connectivity index (χ4v) is 2.68. The van der Waals surface area contributed by atoms with Crippen molar-refractivity contribution in [3.8, 4) is 23.3 Å². The van der Waals surface area contributed by atoms with Crippen LogP contribution in [0.15, 0.2) is 36.7 Å². The molecule has 1 fully saturated rings. The summed E-state index contributed by atoms with van der Waals surface area (Å²) in [6.07, 6.45) is 3.62. The number of hydrogen-bond donors (Lipinski definition) is 0. The van der Waals surface area contributed by atoms with Gasteiger partial charge in [-0.05, 0) is 12.1 Å². The van der Waals surface area contributed by atoms with E-state index < -0.39 is 0 Å². The van der Waals surface area contributed by atoms with E-state index in [0.29, 0.717) is 36.3 Å². The van der Waals surface area contributed by atoms with Gasteiger partial charge in [0.2, 0.25) is 11.8 Å². The standard InChI is InChI=1S/C18H21N3O5/c1-23-14-5-3-4-6-15(14)25-12-18(22)21-8-7-13(11-21)26-17-10-19-9-16(20-17)24-2/h3-6,9-10,13H,7-8,11-12H2,1-2H3. The topological polar surface area (TPSA) is 83.0 Å². The summed E-state index contributed by atoms with van der Waals surface area (Å²) in [6.45, 7) is 1.04. The lowest BCUT2D eigenvalue weighted by Gasteiger charge is -2.18. The molecule has 1 amide bonds. The molecule has 1 atom stereocenters. The smallest absolute Gasteiger partial charge is 0.260 e. The highest BCUT2D eigenvalue weighted by atomic mass is 16.5. The van der Waals surface area contributed by atoms with Gasteiger partial charge >= 0.3 is 0 Å². The Hall–Kier alpha value is -3.03. The van der Waals surface area contributed by atoms with Gasteiger partial charge in [0.15, 0.2) is 18.1 Å². The molecule has 0 aliphatic carbocycles. The highest BCUT2D eigenvalue weighted by molar-refractivity contribution is 5.78. The molecule has 1 unspecified atom stereocenters. The minimum atomic E-state index is -0.133. The van der Waals surface area contributed by atoms with Crippen molar-refractivity contribution >= 4 is 5.91 Å². The summed E-state index contributed by atoms with van der Waals surface area (Å²) in [5.74, 6) is 1.81. The first-order chi connectivity index (χ1) is 12.7. The van der Waals surface area contributed by atoms with E-state index in [1.807, 2.05) is 12.1 Å². The minimum absolute atomic E-state index is 0.0495. The second-order valence-electron chi connectivity index (χ2n) is 5.71. The van der Waals surface area contributed by atoms with E-state index in [4.69, 9.17) is 18.9 Å². The second kappa shape index (κ2) is 8.37. The molecule has 2 heterocycles. The molecule has 138 valence electrons. The van der Waals surface area contributed by atoms with Crippen LogP contribution in [0.25, 0.3) is 0 Å². The zero-order chi connectivity index (χ0) is 18.4. The summed E-state index contributed by atoms with van der Waals surface area (Å²) in [5.41, 5.74) is 0. The first-order valence-corrected chi connectivity index (χ1v) is 8.26. The van der Waals surface area contributed by atoms with Gasteiger partial charge in [0.25, 0.3) is 5.91 Å². The summed E-state index contributed by atoms with van der Waals surface area (Å²) in [4.78, 5) is 22.3. The predicted molar refractivity (Wildman–Crippen MR) is 92.7 cm³/mol. The summed E-state index contributed by atoms with van der Waals surface area (Å²) in [7, 11) is 3.08. The number of nitrogens with zero attached hydrogens (tertiary/aromatic N) is 3. The zero-order valence-corrected chi connectivity index (χ0v) is 14.8. The van der Waals surface area contributed by atoms with E-state index in [0.717, 1.165) is 6.42 Å². The highest BCUT2D eigenvalue weighted by Gasteiger charge is 2.28. The van der Waals surface area contributed by atoms with Gasteiger partial charge in [-0.25, -0.2) is 0 Å². The van der Waals surface area contributed by atoms with Crippen molar-refractivity contribution in [2.45, 2.75) is 12.5 Å². The number of likely N-dealkylation sites (tertiary alicyclic amines) is 1. The van der Waals surface area contributed by atoms with E-state index in [-0.39, 0.29) is 18.6 Å². The molecule has 0 N–H and O–H groups in total. The summed E-state index contributed by atoms with van der Waals surface area (Å²) >= 11 is 0. The molecule has 0 radical (unpaired) electrons. The fraction of sp³-hybridized carbons (Fsp3) is 0.389. The van der Waals surface area contributed by atoms with Crippen molar-refractivity contribution in [3.63, 3.8) is 0 Å². The van der Waals surface area contributed by atoms with E-state index in [1.165, 1.54) is 19.5 Å². The van der Waals surface area contributed by atoms with Crippen molar-refractivity contribution < 1.29 is 23.7 Å². The van der Waals surface area contributed by atoms with Crippen LogP contribution in [-0.4, -0.2) is 60.8 Å². The van der Waals surface area contributed by atoms with Crippen LogP contribution in [0.5, 0.6) is 23.3 Å². The van der Waals surface area contributed by atoms with Crippen molar-refractivity contribution in [3.05, 3.63) is 36.7 Å². The number of amides is 1. The molecule has 1 aromatic heterocycles. The Morgan fingerprint density at radius 1 is 1.15 bits per heavy atom. The molecule has 2 aromatic rings. The van der Waals surface area contributed by atoms with Gasteiger partial charge in [-0.1, -0.05) is 12.1 Å². The molecule has 1 saturated heterocycles. The molecule has 0 bridgehead atoms. The second-order valence-corrected chi connectivity index (χ2v) is 5.71. The van der Waals surface area contributed by atoms with Gasteiger partial charge in [0.05, 0.1) is 33.2 Å². The van der Waals surface area contributed by atoms with E-state index >= 15 is 0 Å². The van der Waals surface area contributed by atoms with E-state index in [1.54, 1.807) is 24.1 Å². The molecular formula is C18H21N3O5. The SMILES string of the molecule is COc1cncc(OC2CCN(C(=O)COc3ccccc3OC)C2)n1. The van der Waals surface area contributed by atoms with Crippen LogP contribution in [0.2, 0.25) is 0 Å².